The summed E-state index contributed by atoms with van der Waals surface area (Å²) in [5.41, 5.74) is -0.106. The number of rotatable bonds is 1. The van der Waals surface area contributed by atoms with Crippen LogP contribution in [0.1, 0.15) is 0 Å². The average molecular weight is 348 g/mol. The molecule has 3 rings (SSSR count). The zero-order valence-corrected chi connectivity index (χ0v) is 12.5. The zero-order chi connectivity index (χ0) is 18.7. The van der Waals surface area contributed by atoms with Crippen molar-refractivity contribution >= 4 is 18.3 Å². The lowest BCUT2D eigenvalue weighted by atomic mass is 10.1. The van der Waals surface area contributed by atoms with Crippen LogP contribution in [-0.4, -0.2) is 42.8 Å². The molecule has 0 amide bonds. The molecule has 0 spiro atoms. The first kappa shape index (κ1) is 18.1. The number of hydrogen-bond donors (Lipinski definition) is 7. The number of hydrogen-bond acceptors (Lipinski definition) is 9. The van der Waals surface area contributed by atoms with Crippen molar-refractivity contribution in [3.8, 4) is 34.3 Å². The van der Waals surface area contributed by atoms with Gasteiger partial charge in [-0.05, 0) is 18.2 Å². The van der Waals surface area contributed by atoms with E-state index in [1.165, 1.54) is 24.3 Å². The van der Waals surface area contributed by atoms with Gasteiger partial charge in [-0.15, -0.1) is 0 Å². The minimum absolute atomic E-state index is 0.0163. The number of phenolic OH excluding ortho intramolecular Hbond substituents is 4. The fourth-order valence-electron chi connectivity index (χ4n) is 2.07. The van der Waals surface area contributed by atoms with Gasteiger partial charge in [0.1, 0.15) is 28.2 Å². The standard InChI is InChI=1S/C15H10O6.BH3O3/c16-8-4-11(19)15-12(20)6-13(21-14(15)5-8)7-1-2-9(17)10(18)3-7;2-1(3)4/h1-6,16-19H;2-4H. The van der Waals surface area contributed by atoms with Crippen molar-refractivity contribution in [2.24, 2.45) is 0 Å². The third-order valence-corrected chi connectivity index (χ3v) is 3.05. The third-order valence-electron chi connectivity index (χ3n) is 3.05. The van der Waals surface area contributed by atoms with Gasteiger partial charge in [0.15, 0.2) is 16.9 Å². The first-order chi connectivity index (χ1) is 11.7. The molecule has 0 aliphatic carbocycles. The topological polar surface area (TPSA) is 172 Å². The Morgan fingerprint density at radius 2 is 1.44 bits per heavy atom. The van der Waals surface area contributed by atoms with E-state index in [1.54, 1.807) is 0 Å². The molecule has 0 atom stereocenters. The Hall–Kier alpha value is -3.21. The molecule has 0 saturated carbocycles. The van der Waals surface area contributed by atoms with Crippen LogP contribution in [0.3, 0.4) is 0 Å². The molecule has 25 heavy (non-hydrogen) atoms. The van der Waals surface area contributed by atoms with Gasteiger partial charge in [0.05, 0.1) is 0 Å². The van der Waals surface area contributed by atoms with Gasteiger partial charge in [0.25, 0.3) is 0 Å². The van der Waals surface area contributed by atoms with E-state index in [9.17, 15) is 25.2 Å². The van der Waals surface area contributed by atoms with Gasteiger partial charge in [-0.3, -0.25) is 4.79 Å². The molecule has 0 saturated heterocycles. The van der Waals surface area contributed by atoms with E-state index in [0.717, 1.165) is 12.1 Å². The van der Waals surface area contributed by atoms with E-state index >= 15 is 0 Å². The molecule has 7 N–H and O–H groups in total. The summed E-state index contributed by atoms with van der Waals surface area (Å²) in [6.07, 6.45) is 0. The summed E-state index contributed by atoms with van der Waals surface area (Å²) in [6.45, 7) is 0. The van der Waals surface area contributed by atoms with Crippen molar-refractivity contribution in [1.82, 2.24) is 0 Å². The molecule has 3 aromatic rings. The Balaban J connectivity index is 0.000000511. The van der Waals surface area contributed by atoms with Crippen molar-refractivity contribution in [1.29, 1.82) is 0 Å². The quantitative estimate of drug-likeness (QED) is 0.240. The molecule has 1 aromatic heterocycles. The lowest BCUT2D eigenvalue weighted by molar-refractivity contribution is 0.278. The predicted octanol–water partition coefficient (Wildman–Crippen LogP) is 0.231. The highest BCUT2D eigenvalue weighted by atomic mass is 16.5. The van der Waals surface area contributed by atoms with Crippen LogP contribution >= 0.6 is 0 Å². The molecular weight excluding hydrogens is 335 g/mol. The SMILES string of the molecule is O=c1cc(-c2ccc(O)c(O)c2)oc2cc(O)cc(O)c12.OB(O)O. The lowest BCUT2D eigenvalue weighted by Crippen LogP contribution is -2.07. The lowest BCUT2D eigenvalue weighted by Gasteiger charge is -2.06. The summed E-state index contributed by atoms with van der Waals surface area (Å²) in [4.78, 5) is 12.0. The van der Waals surface area contributed by atoms with E-state index in [-0.39, 0.29) is 39.7 Å². The fourth-order valence-corrected chi connectivity index (χ4v) is 2.07. The van der Waals surface area contributed by atoms with E-state index in [4.69, 9.17) is 19.5 Å². The summed E-state index contributed by atoms with van der Waals surface area (Å²) >= 11 is 0. The van der Waals surface area contributed by atoms with Gasteiger partial charge in [0.2, 0.25) is 0 Å². The minimum Gasteiger partial charge on any atom is -0.508 e. The molecule has 0 aliphatic rings. The van der Waals surface area contributed by atoms with Crippen LogP contribution in [0.15, 0.2) is 45.6 Å². The molecule has 2 aromatic carbocycles. The normalized spacial score (nSPS) is 10.2. The van der Waals surface area contributed by atoms with E-state index in [0.29, 0.717) is 5.56 Å². The number of fused-ring (bicyclic) bond motifs is 1. The van der Waals surface area contributed by atoms with Crippen LogP contribution in [-0.2, 0) is 0 Å². The van der Waals surface area contributed by atoms with Crippen molar-refractivity contribution in [2.45, 2.75) is 0 Å². The highest BCUT2D eigenvalue weighted by molar-refractivity contribution is 6.30. The third kappa shape index (κ3) is 4.21. The predicted molar refractivity (Wildman–Crippen MR) is 87.0 cm³/mol. The van der Waals surface area contributed by atoms with Gasteiger partial charge in [-0.2, -0.15) is 0 Å². The van der Waals surface area contributed by atoms with Gasteiger partial charge in [-0.1, -0.05) is 0 Å². The van der Waals surface area contributed by atoms with Gasteiger partial charge < -0.3 is 39.9 Å². The second-order valence-electron chi connectivity index (χ2n) is 4.86. The number of aromatic hydroxyl groups is 4. The Morgan fingerprint density at radius 1 is 0.800 bits per heavy atom. The average Bonchev–Trinajstić information content (AvgIpc) is 2.48. The molecule has 0 fully saturated rings. The maximum Gasteiger partial charge on any atom is 0.631 e. The number of phenols is 4. The van der Waals surface area contributed by atoms with E-state index in [1.807, 2.05) is 0 Å². The molecular formula is C15H13BO9. The molecule has 130 valence electrons. The molecule has 0 radical (unpaired) electrons. The van der Waals surface area contributed by atoms with E-state index < -0.39 is 12.8 Å². The highest BCUT2D eigenvalue weighted by Crippen LogP contribution is 2.33. The minimum atomic E-state index is -2.17. The zero-order valence-electron chi connectivity index (χ0n) is 12.5. The smallest absolute Gasteiger partial charge is 0.508 e. The Labute approximate surface area is 140 Å². The maximum absolute atomic E-state index is 12.0. The van der Waals surface area contributed by atoms with Crippen molar-refractivity contribution in [3.05, 3.63) is 46.6 Å². The largest absolute Gasteiger partial charge is 0.631 e. The van der Waals surface area contributed by atoms with Crippen molar-refractivity contribution in [2.75, 3.05) is 0 Å². The monoisotopic (exact) mass is 348 g/mol. The van der Waals surface area contributed by atoms with Crippen LogP contribution in [0.2, 0.25) is 0 Å². The van der Waals surface area contributed by atoms with Gasteiger partial charge in [-0.25, -0.2) is 0 Å². The summed E-state index contributed by atoms with van der Waals surface area (Å²) < 4.78 is 5.47. The second-order valence-corrected chi connectivity index (χ2v) is 4.86. The van der Waals surface area contributed by atoms with Crippen LogP contribution in [0.25, 0.3) is 22.3 Å². The summed E-state index contributed by atoms with van der Waals surface area (Å²) in [5.74, 6) is -1.13. The first-order valence-corrected chi connectivity index (χ1v) is 6.75. The van der Waals surface area contributed by atoms with Gasteiger partial charge >= 0.3 is 7.32 Å². The molecule has 0 bridgehead atoms. The Kier molecular flexibility index (Phi) is 5.18. The fraction of sp³-hybridized carbons (Fsp3) is 0. The molecule has 1 heterocycles. The van der Waals surface area contributed by atoms with E-state index in [2.05, 4.69) is 0 Å². The second kappa shape index (κ2) is 7.13. The Bertz CT molecular complexity index is 962. The molecule has 10 heteroatoms. The highest BCUT2D eigenvalue weighted by Gasteiger charge is 2.13. The van der Waals surface area contributed by atoms with Crippen LogP contribution in [0.5, 0.6) is 23.0 Å². The number of benzene rings is 2. The van der Waals surface area contributed by atoms with Crippen LogP contribution < -0.4 is 5.43 Å². The molecule has 0 unspecified atom stereocenters. The van der Waals surface area contributed by atoms with Crippen LogP contribution in [0, 0.1) is 0 Å². The summed E-state index contributed by atoms with van der Waals surface area (Å²) in [7, 11) is -2.17. The van der Waals surface area contributed by atoms with Crippen molar-refractivity contribution < 1.29 is 39.9 Å². The molecule has 9 nitrogen and oxygen atoms in total. The summed E-state index contributed by atoms with van der Waals surface area (Å²) in [5, 5.41) is 59.4. The maximum atomic E-state index is 12.0. The first-order valence-electron chi connectivity index (χ1n) is 6.75. The van der Waals surface area contributed by atoms with Gasteiger partial charge in [0, 0.05) is 23.8 Å². The van der Waals surface area contributed by atoms with Crippen molar-refractivity contribution in [3.63, 3.8) is 0 Å². The Morgan fingerprint density at radius 3 is 2.04 bits per heavy atom. The summed E-state index contributed by atoms with van der Waals surface area (Å²) in [6, 6.07) is 7.37. The van der Waals surface area contributed by atoms with Crippen LogP contribution in [0.4, 0.5) is 0 Å². The molecule has 0 aliphatic heterocycles.